The van der Waals surface area contributed by atoms with Crippen LogP contribution in [-0.4, -0.2) is 49.9 Å². The van der Waals surface area contributed by atoms with Gasteiger partial charge in [-0.05, 0) is 36.2 Å². The molecule has 6 nitrogen and oxygen atoms in total. The van der Waals surface area contributed by atoms with E-state index in [-0.39, 0.29) is 16.0 Å². The summed E-state index contributed by atoms with van der Waals surface area (Å²) in [5, 5.41) is 7.31. The van der Waals surface area contributed by atoms with Gasteiger partial charge in [0, 0.05) is 16.7 Å². The first-order valence-electron chi connectivity index (χ1n) is 8.75. The maximum atomic E-state index is 12.9. The number of alkyl halides is 2. The molecule has 0 spiro atoms. The van der Waals surface area contributed by atoms with Crippen LogP contribution in [0.1, 0.15) is 5.56 Å². The van der Waals surface area contributed by atoms with E-state index in [2.05, 4.69) is 14.9 Å². The maximum absolute atomic E-state index is 12.9. The van der Waals surface area contributed by atoms with Gasteiger partial charge in [-0.2, -0.15) is 8.78 Å². The molecule has 0 bridgehead atoms. The molecule has 1 saturated heterocycles. The summed E-state index contributed by atoms with van der Waals surface area (Å²) < 4.78 is 59.7. The summed E-state index contributed by atoms with van der Waals surface area (Å²) in [5.74, 6) is -0.192. The molecule has 1 N–H and O–H groups in total. The minimum atomic E-state index is -3.38. The Labute approximate surface area is 170 Å². The molecule has 0 saturated carbocycles. The molecule has 1 fully saturated rings. The van der Waals surface area contributed by atoms with Crippen molar-refractivity contribution in [2.75, 3.05) is 19.5 Å². The van der Waals surface area contributed by atoms with Crippen LogP contribution >= 0.6 is 11.8 Å². The minimum absolute atomic E-state index is 0.192. The second-order valence-electron chi connectivity index (χ2n) is 6.80. The Kier molecular flexibility index (Phi) is 5.26. The van der Waals surface area contributed by atoms with E-state index in [1.165, 1.54) is 6.07 Å². The van der Waals surface area contributed by atoms with Gasteiger partial charge in [0.2, 0.25) is 5.88 Å². The topological polar surface area (TPSA) is 81.3 Å². The maximum Gasteiger partial charge on any atom is 0.388 e. The average Bonchev–Trinajstić information content (AvgIpc) is 2.99. The number of nitrogens with one attached hydrogen (secondary N) is 1. The van der Waals surface area contributed by atoms with E-state index in [9.17, 15) is 17.2 Å². The van der Waals surface area contributed by atoms with Crippen molar-refractivity contribution in [1.29, 1.82) is 0 Å². The lowest BCUT2D eigenvalue weighted by Gasteiger charge is -2.26. The zero-order chi connectivity index (χ0) is 20.8. The normalized spacial score (nSPS) is 15.1. The SMILES string of the molecule is Cc1cc(-c2c(SC3COC3)ccc3[nH]nc(OC(F)F)c23)ccc1S(C)(=O)=O. The Morgan fingerprint density at radius 1 is 1.28 bits per heavy atom. The van der Waals surface area contributed by atoms with Crippen LogP contribution in [0.5, 0.6) is 5.88 Å². The molecule has 0 unspecified atom stereocenters. The predicted octanol–water partition coefficient (Wildman–Crippen LogP) is 4.03. The number of ether oxygens (including phenoxy) is 2. The molecule has 3 aromatic rings. The molecule has 0 atom stereocenters. The van der Waals surface area contributed by atoms with Crippen LogP contribution in [0.4, 0.5) is 8.78 Å². The highest BCUT2D eigenvalue weighted by atomic mass is 32.2. The van der Waals surface area contributed by atoms with Gasteiger partial charge < -0.3 is 9.47 Å². The molecule has 1 aromatic heterocycles. The summed E-state index contributed by atoms with van der Waals surface area (Å²) in [4.78, 5) is 1.09. The van der Waals surface area contributed by atoms with Crippen molar-refractivity contribution in [1.82, 2.24) is 10.2 Å². The van der Waals surface area contributed by atoms with Crippen LogP contribution in [0.3, 0.4) is 0 Å². The first-order chi connectivity index (χ1) is 13.7. The van der Waals surface area contributed by atoms with Crippen molar-refractivity contribution in [2.24, 2.45) is 0 Å². The number of fused-ring (bicyclic) bond motifs is 1. The van der Waals surface area contributed by atoms with Gasteiger partial charge in [-0.15, -0.1) is 16.9 Å². The number of aromatic nitrogens is 2. The second-order valence-corrected chi connectivity index (χ2v) is 10.1. The van der Waals surface area contributed by atoms with Crippen LogP contribution < -0.4 is 4.74 Å². The number of aromatic amines is 1. The molecule has 4 rings (SSSR count). The van der Waals surface area contributed by atoms with E-state index in [1.807, 2.05) is 6.07 Å². The lowest BCUT2D eigenvalue weighted by Crippen LogP contribution is -2.30. The highest BCUT2D eigenvalue weighted by molar-refractivity contribution is 8.00. The predicted molar refractivity (Wildman–Crippen MR) is 106 cm³/mol. The van der Waals surface area contributed by atoms with E-state index in [0.29, 0.717) is 40.8 Å². The van der Waals surface area contributed by atoms with E-state index in [1.54, 1.807) is 36.9 Å². The average molecular weight is 440 g/mol. The summed E-state index contributed by atoms with van der Waals surface area (Å²) in [6, 6.07) is 8.62. The highest BCUT2D eigenvalue weighted by Gasteiger charge is 2.25. The van der Waals surface area contributed by atoms with Crippen molar-refractivity contribution in [2.45, 2.75) is 28.6 Å². The third kappa shape index (κ3) is 3.96. The summed E-state index contributed by atoms with van der Waals surface area (Å²) in [6.07, 6.45) is 1.15. The van der Waals surface area contributed by atoms with Gasteiger partial charge in [0.05, 0.1) is 34.3 Å². The van der Waals surface area contributed by atoms with E-state index in [4.69, 9.17) is 4.74 Å². The van der Waals surface area contributed by atoms with Crippen molar-refractivity contribution >= 4 is 32.5 Å². The number of benzene rings is 2. The van der Waals surface area contributed by atoms with Gasteiger partial charge in [-0.25, -0.2) is 8.42 Å². The molecule has 10 heteroatoms. The fraction of sp³-hybridized carbons (Fsp3) is 0.316. The van der Waals surface area contributed by atoms with Crippen molar-refractivity contribution in [3.05, 3.63) is 35.9 Å². The zero-order valence-corrected chi connectivity index (χ0v) is 17.2. The Balaban J connectivity index is 1.93. The molecule has 0 radical (unpaired) electrons. The van der Waals surface area contributed by atoms with E-state index >= 15 is 0 Å². The molecular weight excluding hydrogens is 422 g/mol. The van der Waals surface area contributed by atoms with Gasteiger partial charge >= 0.3 is 6.61 Å². The first kappa shape index (κ1) is 20.1. The summed E-state index contributed by atoms with van der Waals surface area (Å²) >= 11 is 1.59. The number of halogens is 2. The molecule has 29 heavy (non-hydrogen) atoms. The summed E-state index contributed by atoms with van der Waals surface area (Å²) in [5.41, 5.74) is 2.50. The van der Waals surface area contributed by atoms with Crippen LogP contribution in [-0.2, 0) is 14.6 Å². The lowest BCUT2D eigenvalue weighted by molar-refractivity contribution is -0.0518. The first-order valence-corrected chi connectivity index (χ1v) is 11.5. The number of sulfone groups is 1. The Morgan fingerprint density at radius 3 is 2.62 bits per heavy atom. The van der Waals surface area contributed by atoms with Gasteiger partial charge in [0.15, 0.2) is 9.84 Å². The smallest absolute Gasteiger partial charge is 0.388 e. The number of H-pyrrole nitrogens is 1. The standard InChI is InChI=1S/C19H18F2N2O4S2/c1-10-7-11(3-6-15(10)29(2,24)25)16-14(28-12-8-26-9-12)5-4-13-17(16)18(23-22-13)27-19(20)21/h3-7,12,19H,8-9H2,1-2H3,(H,22,23). The molecule has 2 heterocycles. The van der Waals surface area contributed by atoms with Crippen LogP contribution in [0.15, 0.2) is 40.1 Å². The Bertz CT molecular complexity index is 1170. The van der Waals surface area contributed by atoms with E-state index in [0.717, 1.165) is 11.2 Å². The quantitative estimate of drug-likeness (QED) is 0.623. The monoisotopic (exact) mass is 440 g/mol. The van der Waals surface area contributed by atoms with Gasteiger partial charge in [0.1, 0.15) is 0 Å². The Morgan fingerprint density at radius 2 is 2.03 bits per heavy atom. The van der Waals surface area contributed by atoms with Crippen molar-refractivity contribution < 1.29 is 26.7 Å². The van der Waals surface area contributed by atoms with Gasteiger partial charge in [-0.3, -0.25) is 5.10 Å². The number of thioether (sulfide) groups is 1. The molecule has 1 aliphatic rings. The third-order valence-corrected chi connectivity index (χ3v) is 7.08. The van der Waals surface area contributed by atoms with Crippen LogP contribution in [0, 0.1) is 6.92 Å². The zero-order valence-electron chi connectivity index (χ0n) is 15.6. The number of rotatable bonds is 6. The minimum Gasteiger partial charge on any atom is -0.415 e. The molecule has 2 aromatic carbocycles. The van der Waals surface area contributed by atoms with E-state index < -0.39 is 16.4 Å². The lowest BCUT2D eigenvalue weighted by atomic mass is 10.00. The number of aryl methyl sites for hydroxylation is 1. The fourth-order valence-corrected chi connectivity index (χ4v) is 5.43. The van der Waals surface area contributed by atoms with Crippen molar-refractivity contribution in [3.8, 4) is 17.0 Å². The molecular formula is C19H18F2N2O4S2. The molecule has 1 aliphatic heterocycles. The van der Waals surface area contributed by atoms with Gasteiger partial charge in [0.25, 0.3) is 0 Å². The summed E-state index contributed by atoms with van der Waals surface area (Å²) in [6.45, 7) is -0.0848. The molecule has 154 valence electrons. The molecule has 0 amide bonds. The van der Waals surface area contributed by atoms with Gasteiger partial charge in [-0.1, -0.05) is 12.1 Å². The Hall–Kier alpha value is -2.17. The number of nitrogens with zero attached hydrogens (tertiary/aromatic N) is 1. The third-order valence-electron chi connectivity index (χ3n) is 4.62. The summed E-state index contributed by atoms with van der Waals surface area (Å²) in [7, 11) is -3.38. The van der Waals surface area contributed by atoms with Crippen molar-refractivity contribution in [3.63, 3.8) is 0 Å². The fourth-order valence-electron chi connectivity index (χ4n) is 3.30. The largest absolute Gasteiger partial charge is 0.415 e. The van der Waals surface area contributed by atoms with Crippen LogP contribution in [0.2, 0.25) is 0 Å². The second kappa shape index (κ2) is 7.58. The number of hydrogen-bond donors (Lipinski definition) is 1. The van der Waals surface area contributed by atoms with Crippen LogP contribution in [0.25, 0.3) is 22.0 Å². The number of hydrogen-bond acceptors (Lipinski definition) is 6. The molecule has 0 aliphatic carbocycles. The highest BCUT2D eigenvalue weighted by Crippen LogP contribution is 2.43.